The van der Waals surface area contributed by atoms with E-state index in [2.05, 4.69) is 23.2 Å². The predicted octanol–water partition coefficient (Wildman–Crippen LogP) is 3.40. The van der Waals surface area contributed by atoms with E-state index < -0.39 is 0 Å². The van der Waals surface area contributed by atoms with Crippen molar-refractivity contribution in [2.24, 2.45) is 11.8 Å². The van der Waals surface area contributed by atoms with Gasteiger partial charge in [0.15, 0.2) is 0 Å². The lowest BCUT2D eigenvalue weighted by atomic mass is 10.2. The smallest absolute Gasteiger partial charge is 0.0296 e. The van der Waals surface area contributed by atoms with Gasteiger partial charge in [-0.3, -0.25) is 4.90 Å². The van der Waals surface area contributed by atoms with Crippen LogP contribution in [0.4, 0.5) is 0 Å². The Labute approximate surface area is 121 Å². The highest BCUT2D eigenvalue weighted by Gasteiger charge is 2.29. The van der Waals surface area contributed by atoms with E-state index >= 15 is 0 Å². The Hall–Kier alpha value is -0.380. The standard InChI is InChI=1S/C16H26N2S/c1-12-15(7-16(19-12)8-17-2)11-18(9-13-3-4-13)10-14-5-6-14/h7,13-14,17H,3-6,8-11H2,1-2H3. The van der Waals surface area contributed by atoms with Crippen LogP contribution in [0, 0.1) is 18.8 Å². The van der Waals surface area contributed by atoms with Crippen molar-refractivity contribution < 1.29 is 0 Å². The van der Waals surface area contributed by atoms with Crippen molar-refractivity contribution >= 4 is 11.3 Å². The first kappa shape index (κ1) is 13.6. The number of nitrogens with zero attached hydrogens (tertiary/aromatic N) is 1. The number of nitrogens with one attached hydrogen (secondary N) is 1. The molecule has 2 aliphatic rings. The molecule has 0 aromatic carbocycles. The Kier molecular flexibility index (Phi) is 4.25. The summed E-state index contributed by atoms with van der Waals surface area (Å²) in [5, 5.41) is 3.26. The van der Waals surface area contributed by atoms with Crippen LogP contribution < -0.4 is 5.32 Å². The van der Waals surface area contributed by atoms with E-state index in [1.807, 2.05) is 18.4 Å². The van der Waals surface area contributed by atoms with Crippen LogP contribution in [-0.4, -0.2) is 25.0 Å². The molecule has 19 heavy (non-hydrogen) atoms. The molecule has 1 aromatic heterocycles. The minimum absolute atomic E-state index is 1.01. The molecule has 2 saturated carbocycles. The van der Waals surface area contributed by atoms with Gasteiger partial charge in [0, 0.05) is 35.9 Å². The van der Waals surface area contributed by atoms with Crippen molar-refractivity contribution in [2.45, 2.75) is 45.7 Å². The molecule has 1 aromatic rings. The Morgan fingerprint density at radius 3 is 2.37 bits per heavy atom. The van der Waals surface area contributed by atoms with Gasteiger partial charge in [0.2, 0.25) is 0 Å². The number of hydrogen-bond donors (Lipinski definition) is 1. The maximum Gasteiger partial charge on any atom is 0.0296 e. The molecule has 3 rings (SSSR count). The van der Waals surface area contributed by atoms with E-state index in [1.54, 1.807) is 5.56 Å². The Morgan fingerprint density at radius 2 is 1.84 bits per heavy atom. The van der Waals surface area contributed by atoms with E-state index in [-0.39, 0.29) is 0 Å². The Balaban J connectivity index is 1.61. The first-order valence-corrected chi connectivity index (χ1v) is 8.51. The molecule has 0 amide bonds. The highest BCUT2D eigenvalue weighted by molar-refractivity contribution is 7.12. The van der Waals surface area contributed by atoms with Crippen molar-refractivity contribution in [3.05, 3.63) is 21.4 Å². The summed E-state index contributed by atoms with van der Waals surface area (Å²) in [4.78, 5) is 5.72. The van der Waals surface area contributed by atoms with E-state index in [0.717, 1.165) is 18.4 Å². The molecule has 2 fully saturated rings. The summed E-state index contributed by atoms with van der Waals surface area (Å²) < 4.78 is 0. The molecule has 0 atom stereocenters. The maximum atomic E-state index is 3.26. The van der Waals surface area contributed by atoms with Crippen LogP contribution in [0.2, 0.25) is 0 Å². The average molecular weight is 278 g/mol. The van der Waals surface area contributed by atoms with Gasteiger partial charge in [-0.15, -0.1) is 11.3 Å². The van der Waals surface area contributed by atoms with Crippen LogP contribution in [-0.2, 0) is 13.1 Å². The molecule has 0 radical (unpaired) electrons. The lowest BCUT2D eigenvalue weighted by Gasteiger charge is -2.22. The van der Waals surface area contributed by atoms with E-state index in [9.17, 15) is 0 Å². The van der Waals surface area contributed by atoms with Gasteiger partial charge in [0.1, 0.15) is 0 Å². The second-order valence-electron chi connectivity index (χ2n) is 6.41. The fourth-order valence-corrected chi connectivity index (χ4v) is 3.85. The van der Waals surface area contributed by atoms with Crippen molar-refractivity contribution in [3.63, 3.8) is 0 Å². The van der Waals surface area contributed by atoms with Gasteiger partial charge in [-0.25, -0.2) is 0 Å². The van der Waals surface area contributed by atoms with Gasteiger partial charge >= 0.3 is 0 Å². The molecule has 0 aliphatic heterocycles. The molecule has 0 saturated heterocycles. The zero-order valence-electron chi connectivity index (χ0n) is 12.2. The Bertz CT molecular complexity index is 404. The molecule has 0 unspecified atom stereocenters. The minimum Gasteiger partial charge on any atom is -0.315 e. The monoisotopic (exact) mass is 278 g/mol. The summed E-state index contributed by atoms with van der Waals surface area (Å²) in [6.45, 7) is 7.15. The maximum absolute atomic E-state index is 3.26. The SMILES string of the molecule is CNCc1cc(CN(CC2CC2)CC2CC2)c(C)s1. The summed E-state index contributed by atoms with van der Waals surface area (Å²) in [6, 6.07) is 2.42. The quantitative estimate of drug-likeness (QED) is 0.784. The molecule has 0 spiro atoms. The molecule has 2 nitrogen and oxygen atoms in total. The highest BCUT2D eigenvalue weighted by Crippen LogP contribution is 2.35. The van der Waals surface area contributed by atoms with Crippen LogP contribution in [0.15, 0.2) is 6.07 Å². The van der Waals surface area contributed by atoms with E-state index in [0.29, 0.717) is 0 Å². The number of aryl methyl sites for hydroxylation is 1. The molecule has 2 aliphatic carbocycles. The van der Waals surface area contributed by atoms with Crippen LogP contribution in [0.5, 0.6) is 0 Å². The summed E-state index contributed by atoms with van der Waals surface area (Å²) >= 11 is 1.96. The summed E-state index contributed by atoms with van der Waals surface area (Å²) in [6.07, 6.45) is 5.87. The highest BCUT2D eigenvalue weighted by atomic mass is 32.1. The van der Waals surface area contributed by atoms with Gasteiger partial charge in [-0.2, -0.15) is 0 Å². The minimum atomic E-state index is 1.01. The van der Waals surface area contributed by atoms with Crippen molar-refractivity contribution in [3.8, 4) is 0 Å². The van der Waals surface area contributed by atoms with E-state index in [4.69, 9.17) is 0 Å². The second kappa shape index (κ2) is 5.94. The van der Waals surface area contributed by atoms with Gasteiger partial charge in [0.25, 0.3) is 0 Å². The molecule has 0 bridgehead atoms. The predicted molar refractivity (Wildman–Crippen MR) is 82.5 cm³/mol. The molecular weight excluding hydrogens is 252 g/mol. The molecule has 3 heteroatoms. The van der Waals surface area contributed by atoms with Crippen LogP contribution in [0.25, 0.3) is 0 Å². The summed E-state index contributed by atoms with van der Waals surface area (Å²) in [7, 11) is 2.03. The third-order valence-electron chi connectivity index (χ3n) is 4.24. The molecule has 1 heterocycles. The van der Waals surface area contributed by atoms with Crippen LogP contribution >= 0.6 is 11.3 Å². The molecule has 1 N–H and O–H groups in total. The van der Waals surface area contributed by atoms with Crippen molar-refractivity contribution in [2.75, 3.05) is 20.1 Å². The van der Waals surface area contributed by atoms with Crippen molar-refractivity contribution in [1.82, 2.24) is 10.2 Å². The third kappa shape index (κ3) is 4.04. The lowest BCUT2D eigenvalue weighted by molar-refractivity contribution is 0.244. The number of hydrogen-bond acceptors (Lipinski definition) is 3. The Morgan fingerprint density at radius 1 is 1.21 bits per heavy atom. The zero-order chi connectivity index (χ0) is 13.2. The summed E-state index contributed by atoms with van der Waals surface area (Å²) in [5.74, 6) is 2.02. The molecule has 106 valence electrons. The van der Waals surface area contributed by atoms with Gasteiger partial charge in [-0.1, -0.05) is 0 Å². The van der Waals surface area contributed by atoms with Gasteiger partial charge in [0.05, 0.1) is 0 Å². The molecular formula is C16H26N2S. The zero-order valence-corrected chi connectivity index (χ0v) is 13.1. The summed E-state index contributed by atoms with van der Waals surface area (Å²) in [5.41, 5.74) is 1.57. The lowest BCUT2D eigenvalue weighted by Crippen LogP contribution is -2.27. The number of thiophene rings is 1. The van der Waals surface area contributed by atoms with Gasteiger partial charge < -0.3 is 5.32 Å². The largest absolute Gasteiger partial charge is 0.315 e. The average Bonchev–Trinajstić information content (AvgIpc) is 3.25. The van der Waals surface area contributed by atoms with Crippen LogP contribution in [0.1, 0.15) is 41.0 Å². The normalized spacial score (nSPS) is 19.3. The first-order chi connectivity index (χ1) is 9.24. The fraction of sp³-hybridized carbons (Fsp3) is 0.750. The van der Waals surface area contributed by atoms with Gasteiger partial charge in [-0.05, 0) is 63.1 Å². The number of rotatable bonds is 8. The third-order valence-corrected chi connectivity index (χ3v) is 5.34. The first-order valence-electron chi connectivity index (χ1n) is 7.69. The second-order valence-corrected chi connectivity index (χ2v) is 7.75. The fourth-order valence-electron chi connectivity index (χ4n) is 2.78. The van der Waals surface area contributed by atoms with Crippen LogP contribution in [0.3, 0.4) is 0 Å². The van der Waals surface area contributed by atoms with Crippen molar-refractivity contribution in [1.29, 1.82) is 0 Å². The van der Waals surface area contributed by atoms with E-state index in [1.165, 1.54) is 55.1 Å². The topological polar surface area (TPSA) is 15.3 Å².